The van der Waals surface area contributed by atoms with Crippen molar-refractivity contribution in [2.24, 2.45) is 7.05 Å². The van der Waals surface area contributed by atoms with Gasteiger partial charge in [0, 0.05) is 44.1 Å². The molecule has 0 aliphatic carbocycles. The fourth-order valence-corrected chi connectivity index (χ4v) is 3.07. The first-order valence-corrected chi connectivity index (χ1v) is 7.71. The Morgan fingerprint density at radius 1 is 1.46 bits per heavy atom. The molecule has 0 saturated carbocycles. The minimum Gasteiger partial charge on any atom is -0.342 e. The summed E-state index contributed by atoms with van der Waals surface area (Å²) in [6.07, 6.45) is -0.208. The Bertz CT molecular complexity index is 707. The maximum absolute atomic E-state index is 12.8. The number of aromatic amines is 1. The lowest BCUT2D eigenvalue weighted by Crippen LogP contribution is -2.40. The molecule has 3 rings (SSSR count). The van der Waals surface area contributed by atoms with Gasteiger partial charge in [-0.3, -0.25) is 9.89 Å². The van der Waals surface area contributed by atoms with Crippen molar-refractivity contribution in [3.8, 4) is 0 Å². The Hall–Kier alpha value is -2.32. The smallest absolute Gasteiger partial charge is 0.342 e. The maximum Gasteiger partial charge on any atom is 0.434 e. The first-order valence-electron chi connectivity index (χ1n) is 7.71. The molecule has 1 fully saturated rings. The molecule has 1 amide bonds. The quantitative estimate of drug-likeness (QED) is 0.930. The summed E-state index contributed by atoms with van der Waals surface area (Å²) in [6.45, 7) is 0.995. The first kappa shape index (κ1) is 16.5. The molecule has 0 spiro atoms. The van der Waals surface area contributed by atoms with Crippen LogP contribution in [0.5, 0.6) is 0 Å². The SMILES string of the molecule is Cn1cc(C(F)(F)F)nc1[C@H]1CCCN(C(=O)Cc2ccn[nH]2)C1. The van der Waals surface area contributed by atoms with Crippen molar-refractivity contribution in [3.63, 3.8) is 0 Å². The number of piperidine rings is 1. The van der Waals surface area contributed by atoms with E-state index in [-0.39, 0.29) is 18.2 Å². The minimum absolute atomic E-state index is 0.0609. The van der Waals surface area contributed by atoms with Gasteiger partial charge in [0.15, 0.2) is 5.69 Å². The van der Waals surface area contributed by atoms with Gasteiger partial charge in [-0.05, 0) is 18.9 Å². The van der Waals surface area contributed by atoms with Gasteiger partial charge in [-0.15, -0.1) is 0 Å². The van der Waals surface area contributed by atoms with E-state index in [1.54, 1.807) is 24.2 Å². The molecule has 0 radical (unpaired) electrons. The Morgan fingerprint density at radius 2 is 2.25 bits per heavy atom. The van der Waals surface area contributed by atoms with Gasteiger partial charge in [-0.25, -0.2) is 4.98 Å². The number of carbonyl (C=O) groups excluding carboxylic acids is 1. The van der Waals surface area contributed by atoms with Crippen LogP contribution in [0, 0.1) is 0 Å². The van der Waals surface area contributed by atoms with E-state index in [1.807, 2.05) is 0 Å². The number of halogens is 3. The number of aromatic nitrogens is 4. The number of carbonyl (C=O) groups is 1. The Kier molecular flexibility index (Phi) is 4.33. The number of hydrogen-bond acceptors (Lipinski definition) is 3. The lowest BCUT2D eigenvalue weighted by atomic mass is 9.96. The largest absolute Gasteiger partial charge is 0.434 e. The second-order valence-electron chi connectivity index (χ2n) is 6.03. The molecule has 0 aromatic carbocycles. The molecule has 1 atom stereocenters. The van der Waals surface area contributed by atoms with Gasteiger partial charge in [0.2, 0.25) is 5.91 Å². The average Bonchev–Trinajstić information content (AvgIpc) is 3.16. The summed E-state index contributed by atoms with van der Waals surface area (Å²) >= 11 is 0. The van der Waals surface area contributed by atoms with E-state index in [2.05, 4.69) is 15.2 Å². The Labute approximate surface area is 136 Å². The maximum atomic E-state index is 12.8. The van der Waals surface area contributed by atoms with Crippen LogP contribution in [0.3, 0.4) is 0 Å². The molecule has 1 saturated heterocycles. The number of nitrogens with zero attached hydrogens (tertiary/aromatic N) is 4. The van der Waals surface area contributed by atoms with E-state index in [0.29, 0.717) is 18.9 Å². The molecule has 1 N–H and O–H groups in total. The number of rotatable bonds is 3. The van der Waals surface area contributed by atoms with Gasteiger partial charge in [0.1, 0.15) is 5.82 Å². The number of amides is 1. The fourth-order valence-electron chi connectivity index (χ4n) is 3.07. The van der Waals surface area contributed by atoms with Crippen molar-refractivity contribution in [2.75, 3.05) is 13.1 Å². The van der Waals surface area contributed by atoms with E-state index in [9.17, 15) is 18.0 Å². The van der Waals surface area contributed by atoms with E-state index >= 15 is 0 Å². The zero-order valence-corrected chi connectivity index (χ0v) is 13.2. The molecule has 0 unspecified atom stereocenters. The van der Waals surface area contributed by atoms with Crippen LogP contribution in [-0.4, -0.2) is 43.6 Å². The lowest BCUT2D eigenvalue weighted by Gasteiger charge is -2.32. The summed E-state index contributed by atoms with van der Waals surface area (Å²) in [6, 6.07) is 1.73. The van der Waals surface area contributed by atoms with Crippen molar-refractivity contribution >= 4 is 5.91 Å². The molecule has 2 aromatic heterocycles. The summed E-state index contributed by atoms with van der Waals surface area (Å²) in [5.74, 6) is 0.126. The highest BCUT2D eigenvalue weighted by atomic mass is 19.4. The van der Waals surface area contributed by atoms with Crippen molar-refractivity contribution in [1.82, 2.24) is 24.6 Å². The number of hydrogen-bond donors (Lipinski definition) is 1. The van der Waals surface area contributed by atoms with Crippen molar-refractivity contribution in [3.05, 3.63) is 35.7 Å². The van der Waals surface area contributed by atoms with Crippen LogP contribution in [0.4, 0.5) is 13.2 Å². The van der Waals surface area contributed by atoms with E-state index in [1.165, 1.54) is 4.57 Å². The van der Waals surface area contributed by atoms with Gasteiger partial charge in [-0.2, -0.15) is 18.3 Å². The van der Waals surface area contributed by atoms with Crippen LogP contribution in [0.25, 0.3) is 0 Å². The number of likely N-dealkylation sites (tertiary alicyclic amines) is 1. The molecular formula is C15H18F3N5O. The molecule has 2 aromatic rings. The molecular weight excluding hydrogens is 323 g/mol. The van der Waals surface area contributed by atoms with Crippen LogP contribution in [0.2, 0.25) is 0 Å². The summed E-state index contributed by atoms with van der Waals surface area (Å²) in [5, 5.41) is 6.54. The summed E-state index contributed by atoms with van der Waals surface area (Å²) < 4.78 is 39.9. The molecule has 24 heavy (non-hydrogen) atoms. The van der Waals surface area contributed by atoms with Gasteiger partial charge >= 0.3 is 6.18 Å². The zero-order chi connectivity index (χ0) is 17.3. The molecule has 1 aliphatic heterocycles. The van der Waals surface area contributed by atoms with Crippen LogP contribution in [0.1, 0.15) is 36.0 Å². The van der Waals surface area contributed by atoms with E-state index in [0.717, 1.165) is 24.7 Å². The molecule has 0 bridgehead atoms. The Morgan fingerprint density at radius 3 is 2.88 bits per heavy atom. The third-order valence-electron chi connectivity index (χ3n) is 4.24. The normalized spacial score (nSPS) is 18.8. The summed E-state index contributed by atoms with van der Waals surface area (Å²) in [7, 11) is 1.56. The van der Waals surface area contributed by atoms with Crippen molar-refractivity contribution < 1.29 is 18.0 Å². The van der Waals surface area contributed by atoms with Gasteiger partial charge in [0.25, 0.3) is 0 Å². The molecule has 3 heterocycles. The van der Waals surface area contributed by atoms with Crippen molar-refractivity contribution in [1.29, 1.82) is 0 Å². The highest BCUT2D eigenvalue weighted by Gasteiger charge is 2.36. The molecule has 9 heteroatoms. The first-order chi connectivity index (χ1) is 11.3. The second-order valence-corrected chi connectivity index (χ2v) is 6.03. The third kappa shape index (κ3) is 3.44. The van der Waals surface area contributed by atoms with Gasteiger partial charge < -0.3 is 9.47 Å². The minimum atomic E-state index is -4.46. The summed E-state index contributed by atoms with van der Waals surface area (Å²) in [5.41, 5.74) is -0.167. The topological polar surface area (TPSA) is 66.8 Å². The fraction of sp³-hybridized carbons (Fsp3) is 0.533. The Balaban J connectivity index is 1.71. The van der Waals surface area contributed by atoms with Gasteiger partial charge in [0.05, 0.1) is 6.42 Å². The van der Waals surface area contributed by atoms with Crippen LogP contribution in [-0.2, 0) is 24.4 Å². The van der Waals surface area contributed by atoms with Gasteiger partial charge in [-0.1, -0.05) is 0 Å². The van der Waals surface area contributed by atoms with E-state index < -0.39 is 11.9 Å². The standard InChI is InChI=1S/C15H18F3N5O/c1-22-9-12(15(16,17)18)20-14(22)10-3-2-6-23(8-10)13(24)7-11-4-5-19-21-11/h4-5,9-10H,2-3,6-8H2,1H3,(H,19,21)/t10-/m0/s1. The molecule has 1 aliphatic rings. The molecule has 6 nitrogen and oxygen atoms in total. The number of nitrogens with one attached hydrogen (secondary N) is 1. The highest BCUT2D eigenvalue weighted by Crippen LogP contribution is 2.32. The van der Waals surface area contributed by atoms with Crippen LogP contribution in [0.15, 0.2) is 18.5 Å². The highest BCUT2D eigenvalue weighted by molar-refractivity contribution is 5.78. The average molecular weight is 341 g/mol. The number of aryl methyl sites for hydroxylation is 1. The predicted molar refractivity (Wildman–Crippen MR) is 79.1 cm³/mol. The molecule has 130 valence electrons. The third-order valence-corrected chi connectivity index (χ3v) is 4.24. The number of alkyl halides is 3. The number of H-pyrrole nitrogens is 1. The van der Waals surface area contributed by atoms with Crippen LogP contribution >= 0.6 is 0 Å². The van der Waals surface area contributed by atoms with E-state index in [4.69, 9.17) is 0 Å². The number of imidazole rings is 1. The lowest BCUT2D eigenvalue weighted by molar-refractivity contribution is -0.141. The zero-order valence-electron chi connectivity index (χ0n) is 13.2. The second kappa shape index (κ2) is 6.29. The predicted octanol–water partition coefficient (Wildman–Crippen LogP) is 2.11. The monoisotopic (exact) mass is 341 g/mol. The summed E-state index contributed by atoms with van der Waals surface area (Å²) in [4.78, 5) is 17.8. The van der Waals surface area contributed by atoms with Crippen molar-refractivity contribution in [2.45, 2.75) is 31.4 Å². The van der Waals surface area contributed by atoms with Crippen LogP contribution < -0.4 is 0 Å².